The molecular formula is C23H32FN3O4S. The Balaban J connectivity index is 2.66. The van der Waals surface area contributed by atoms with Gasteiger partial charge in [0.2, 0.25) is 16.0 Å². The number of benzene rings is 1. The molecule has 0 aliphatic carbocycles. The van der Waals surface area contributed by atoms with E-state index in [0.29, 0.717) is 22.5 Å². The maximum absolute atomic E-state index is 13.5. The van der Waals surface area contributed by atoms with Crippen LogP contribution in [0.1, 0.15) is 51.3 Å². The van der Waals surface area contributed by atoms with Gasteiger partial charge in [-0.1, -0.05) is 39.8 Å². The van der Waals surface area contributed by atoms with Gasteiger partial charge in [-0.2, -0.15) is 0 Å². The maximum atomic E-state index is 13.5. The van der Waals surface area contributed by atoms with Crippen molar-refractivity contribution in [2.24, 2.45) is 5.92 Å². The van der Waals surface area contributed by atoms with E-state index in [-0.39, 0.29) is 24.2 Å². The van der Waals surface area contributed by atoms with Crippen LogP contribution in [0.4, 0.5) is 10.3 Å². The van der Waals surface area contributed by atoms with Crippen molar-refractivity contribution in [3.8, 4) is 11.3 Å². The minimum Gasteiger partial charge on any atom is -0.393 e. The van der Waals surface area contributed by atoms with Crippen molar-refractivity contribution < 1.29 is 23.0 Å². The predicted molar refractivity (Wildman–Crippen MR) is 125 cm³/mol. The first-order valence-electron chi connectivity index (χ1n) is 10.5. The van der Waals surface area contributed by atoms with Crippen LogP contribution in [0.5, 0.6) is 0 Å². The molecule has 0 saturated heterocycles. The average molecular weight is 466 g/mol. The summed E-state index contributed by atoms with van der Waals surface area (Å²) in [6, 6.07) is 5.71. The van der Waals surface area contributed by atoms with E-state index in [1.54, 1.807) is 24.3 Å². The molecule has 176 valence electrons. The SMILES string of the molecule is CC(C)c1nc(N(C)S(C)(=O)=O)nc(-c2ccc(F)cc2)c1/C=C/[C@@H](O)C[C@@H](O)C(C)C. The second-order valence-electron chi connectivity index (χ2n) is 8.54. The molecule has 7 nitrogen and oxygen atoms in total. The molecule has 0 amide bonds. The monoisotopic (exact) mass is 465 g/mol. The predicted octanol–water partition coefficient (Wildman–Crippen LogP) is 3.58. The summed E-state index contributed by atoms with van der Waals surface area (Å²) >= 11 is 0. The first-order chi connectivity index (χ1) is 14.8. The smallest absolute Gasteiger partial charge is 0.239 e. The highest BCUT2D eigenvalue weighted by atomic mass is 32.2. The number of aliphatic hydroxyl groups is 2. The third-order valence-corrected chi connectivity index (χ3v) is 6.30. The van der Waals surface area contributed by atoms with Crippen molar-refractivity contribution in [1.29, 1.82) is 0 Å². The minimum atomic E-state index is -3.60. The van der Waals surface area contributed by atoms with Crippen LogP contribution in [0.25, 0.3) is 17.3 Å². The molecule has 0 bridgehead atoms. The van der Waals surface area contributed by atoms with Gasteiger partial charge in [-0.3, -0.25) is 0 Å². The zero-order valence-electron chi connectivity index (χ0n) is 19.3. The van der Waals surface area contributed by atoms with E-state index in [4.69, 9.17) is 0 Å². The Morgan fingerprint density at radius 3 is 2.19 bits per heavy atom. The van der Waals surface area contributed by atoms with Crippen molar-refractivity contribution in [2.45, 2.75) is 52.2 Å². The Morgan fingerprint density at radius 1 is 1.09 bits per heavy atom. The van der Waals surface area contributed by atoms with Gasteiger partial charge in [0.25, 0.3) is 0 Å². The van der Waals surface area contributed by atoms with Crippen LogP contribution in [-0.4, -0.2) is 54.1 Å². The summed E-state index contributed by atoms with van der Waals surface area (Å²) in [5.41, 5.74) is 2.17. The fourth-order valence-electron chi connectivity index (χ4n) is 3.00. The molecule has 2 rings (SSSR count). The summed E-state index contributed by atoms with van der Waals surface area (Å²) < 4.78 is 38.7. The fourth-order valence-corrected chi connectivity index (χ4v) is 3.38. The molecule has 1 heterocycles. The van der Waals surface area contributed by atoms with Crippen molar-refractivity contribution in [1.82, 2.24) is 9.97 Å². The van der Waals surface area contributed by atoms with Crippen molar-refractivity contribution >= 4 is 22.0 Å². The number of anilines is 1. The maximum Gasteiger partial charge on any atom is 0.239 e. The Bertz CT molecular complexity index is 1050. The molecule has 9 heteroatoms. The molecule has 1 aromatic heterocycles. The van der Waals surface area contributed by atoms with Crippen LogP contribution in [0.15, 0.2) is 30.3 Å². The average Bonchev–Trinajstić information content (AvgIpc) is 2.70. The summed E-state index contributed by atoms with van der Waals surface area (Å²) in [6.45, 7) is 7.57. The van der Waals surface area contributed by atoms with Crippen LogP contribution in [0.3, 0.4) is 0 Å². The van der Waals surface area contributed by atoms with E-state index in [0.717, 1.165) is 10.6 Å². The topological polar surface area (TPSA) is 104 Å². The number of halogens is 1. The molecule has 0 fully saturated rings. The minimum absolute atomic E-state index is 0.00320. The largest absolute Gasteiger partial charge is 0.393 e. The molecule has 32 heavy (non-hydrogen) atoms. The number of aromatic nitrogens is 2. The van der Waals surface area contributed by atoms with Gasteiger partial charge in [0.1, 0.15) is 5.82 Å². The Morgan fingerprint density at radius 2 is 1.69 bits per heavy atom. The lowest BCUT2D eigenvalue weighted by atomic mass is 9.96. The van der Waals surface area contributed by atoms with E-state index in [9.17, 15) is 23.0 Å². The van der Waals surface area contributed by atoms with Gasteiger partial charge in [0.15, 0.2) is 0 Å². The molecule has 2 aromatic rings. The summed E-state index contributed by atoms with van der Waals surface area (Å²) in [5.74, 6) is -0.492. The van der Waals surface area contributed by atoms with Crippen LogP contribution in [-0.2, 0) is 10.0 Å². The standard InChI is InChI=1S/C23H32FN3O4S/c1-14(2)20(29)13-18(28)11-12-19-21(15(3)4)25-23(27(5)32(6,30)31)26-22(19)16-7-9-17(24)10-8-16/h7-12,14-15,18,20,28-29H,13H2,1-6H3/b12-11+/t18-,20-/m1/s1. The van der Waals surface area contributed by atoms with E-state index in [1.165, 1.54) is 19.2 Å². The molecule has 2 N–H and O–H groups in total. The van der Waals surface area contributed by atoms with E-state index in [2.05, 4.69) is 9.97 Å². The Labute approximate surface area is 189 Å². The second-order valence-corrected chi connectivity index (χ2v) is 10.6. The van der Waals surface area contributed by atoms with Crippen molar-refractivity contribution in [3.63, 3.8) is 0 Å². The zero-order chi connectivity index (χ0) is 24.2. The number of nitrogens with zero attached hydrogens (tertiary/aromatic N) is 3. The van der Waals surface area contributed by atoms with Crippen LogP contribution < -0.4 is 4.31 Å². The molecule has 0 unspecified atom stereocenters. The summed E-state index contributed by atoms with van der Waals surface area (Å²) in [7, 11) is -2.23. The van der Waals surface area contributed by atoms with Crippen LogP contribution in [0.2, 0.25) is 0 Å². The highest BCUT2D eigenvalue weighted by Crippen LogP contribution is 2.31. The fraction of sp³-hybridized carbons (Fsp3) is 0.478. The number of hydrogen-bond donors (Lipinski definition) is 2. The van der Waals surface area contributed by atoms with Gasteiger partial charge in [-0.15, -0.1) is 0 Å². The third-order valence-electron chi connectivity index (χ3n) is 5.14. The normalized spacial score (nSPS) is 14.3. The van der Waals surface area contributed by atoms with Gasteiger partial charge in [-0.25, -0.2) is 27.1 Å². The summed E-state index contributed by atoms with van der Waals surface area (Å²) in [4.78, 5) is 8.97. The second kappa shape index (κ2) is 10.5. The van der Waals surface area contributed by atoms with E-state index < -0.39 is 28.0 Å². The van der Waals surface area contributed by atoms with Gasteiger partial charge < -0.3 is 10.2 Å². The third kappa shape index (κ3) is 6.57. The number of hydrogen-bond acceptors (Lipinski definition) is 6. The molecule has 0 spiro atoms. The number of sulfonamides is 1. The lowest BCUT2D eigenvalue weighted by Crippen LogP contribution is -2.27. The summed E-state index contributed by atoms with van der Waals surface area (Å²) in [6.07, 6.45) is 2.92. The first kappa shape index (κ1) is 25.9. The summed E-state index contributed by atoms with van der Waals surface area (Å²) in [5, 5.41) is 20.4. The molecule has 1 aromatic carbocycles. The van der Waals surface area contributed by atoms with E-state index >= 15 is 0 Å². The number of aliphatic hydroxyl groups excluding tert-OH is 2. The van der Waals surface area contributed by atoms with Crippen LogP contribution >= 0.6 is 0 Å². The van der Waals surface area contributed by atoms with Gasteiger partial charge >= 0.3 is 0 Å². The molecule has 0 aliphatic heterocycles. The molecule has 0 saturated carbocycles. The molecule has 2 atom stereocenters. The van der Waals surface area contributed by atoms with Crippen LogP contribution in [0, 0.1) is 11.7 Å². The highest BCUT2D eigenvalue weighted by Gasteiger charge is 2.22. The van der Waals surface area contributed by atoms with Gasteiger partial charge in [0.05, 0.1) is 29.9 Å². The molecule has 0 aliphatic rings. The Hall–Kier alpha value is -2.36. The zero-order valence-corrected chi connectivity index (χ0v) is 20.1. The van der Waals surface area contributed by atoms with Gasteiger partial charge in [-0.05, 0) is 36.1 Å². The van der Waals surface area contributed by atoms with Gasteiger partial charge in [0, 0.05) is 24.6 Å². The molecule has 0 radical (unpaired) electrons. The molecular weight excluding hydrogens is 433 g/mol. The quantitative estimate of drug-likeness (QED) is 0.587. The first-order valence-corrected chi connectivity index (χ1v) is 12.3. The lowest BCUT2D eigenvalue weighted by Gasteiger charge is -2.21. The van der Waals surface area contributed by atoms with E-state index in [1.807, 2.05) is 27.7 Å². The van der Waals surface area contributed by atoms with Crippen molar-refractivity contribution in [3.05, 3.63) is 47.4 Å². The van der Waals surface area contributed by atoms with Crippen molar-refractivity contribution in [2.75, 3.05) is 17.6 Å². The highest BCUT2D eigenvalue weighted by molar-refractivity contribution is 7.92. The Kier molecular flexibility index (Phi) is 8.50. The number of rotatable bonds is 9. The lowest BCUT2D eigenvalue weighted by molar-refractivity contribution is 0.0716.